The van der Waals surface area contributed by atoms with Crippen LogP contribution < -0.4 is 5.73 Å². The maximum absolute atomic E-state index is 12.6. The van der Waals surface area contributed by atoms with Crippen LogP contribution in [0.3, 0.4) is 0 Å². The van der Waals surface area contributed by atoms with E-state index in [0.29, 0.717) is 0 Å². The predicted molar refractivity (Wildman–Crippen MR) is 58.7 cm³/mol. The molecule has 0 saturated heterocycles. The number of hydrogen-bond donors (Lipinski definition) is 1. The molecule has 18 heavy (non-hydrogen) atoms. The Kier molecular flexibility index (Phi) is 4.54. The zero-order valence-corrected chi connectivity index (χ0v) is 9.61. The van der Waals surface area contributed by atoms with Crippen molar-refractivity contribution in [2.24, 2.45) is 0 Å². The number of hydrogen-bond acceptors (Lipinski definition) is 5. The predicted octanol–water partition coefficient (Wildman–Crippen LogP) is 1.58. The Morgan fingerprint density at radius 1 is 1.67 bits per heavy atom. The van der Waals surface area contributed by atoms with Gasteiger partial charge >= 0.3 is 5.97 Å². The van der Waals surface area contributed by atoms with E-state index in [0.717, 1.165) is 6.07 Å². The van der Waals surface area contributed by atoms with Gasteiger partial charge in [0.05, 0.1) is 30.0 Å². The number of alkyl halides is 2. The lowest BCUT2D eigenvalue weighted by molar-refractivity contribution is -0.142. The molecule has 1 aromatic rings. The average molecular weight is 255 g/mol. The van der Waals surface area contributed by atoms with Gasteiger partial charge < -0.3 is 10.5 Å². The van der Waals surface area contributed by atoms with E-state index in [4.69, 9.17) is 11.0 Å². The minimum atomic E-state index is -2.86. The minimum Gasteiger partial charge on any atom is -0.466 e. The second-order valence-electron chi connectivity index (χ2n) is 3.35. The van der Waals surface area contributed by atoms with Crippen LogP contribution in [0, 0.1) is 11.3 Å². The van der Waals surface area contributed by atoms with Crippen LogP contribution in [0.1, 0.15) is 30.3 Å². The molecule has 96 valence electrons. The SMILES string of the molecule is CCOC(=O)Cc1nc(C(F)F)c(N)cc1C#N. The molecule has 0 aromatic carbocycles. The van der Waals surface area contributed by atoms with E-state index in [-0.39, 0.29) is 30.0 Å². The maximum atomic E-state index is 12.6. The highest BCUT2D eigenvalue weighted by Crippen LogP contribution is 2.25. The molecule has 1 rings (SSSR count). The number of nitrogens with zero attached hydrogens (tertiary/aromatic N) is 2. The van der Waals surface area contributed by atoms with E-state index in [9.17, 15) is 13.6 Å². The number of rotatable bonds is 4. The number of halogens is 2. The molecule has 7 heteroatoms. The molecule has 0 saturated carbocycles. The highest BCUT2D eigenvalue weighted by Gasteiger charge is 2.19. The highest BCUT2D eigenvalue weighted by molar-refractivity contribution is 5.73. The quantitative estimate of drug-likeness (QED) is 0.825. The summed E-state index contributed by atoms with van der Waals surface area (Å²) in [5, 5.41) is 8.83. The van der Waals surface area contributed by atoms with Crippen molar-refractivity contribution in [3.8, 4) is 6.07 Å². The summed E-state index contributed by atoms with van der Waals surface area (Å²) in [5.74, 6) is -0.633. The summed E-state index contributed by atoms with van der Waals surface area (Å²) >= 11 is 0. The zero-order valence-electron chi connectivity index (χ0n) is 9.61. The number of nitrogens with two attached hydrogens (primary N) is 1. The Labute approximate surface area is 102 Å². The molecule has 1 aromatic heterocycles. The molecule has 0 bridgehead atoms. The number of anilines is 1. The maximum Gasteiger partial charge on any atom is 0.311 e. The lowest BCUT2D eigenvalue weighted by atomic mass is 10.1. The first-order chi connectivity index (χ1) is 8.49. The van der Waals surface area contributed by atoms with Crippen LogP contribution in [-0.2, 0) is 16.0 Å². The molecule has 5 nitrogen and oxygen atoms in total. The number of carbonyl (C=O) groups is 1. The fraction of sp³-hybridized carbons (Fsp3) is 0.364. The smallest absolute Gasteiger partial charge is 0.311 e. The van der Waals surface area contributed by atoms with Crippen LogP contribution in [0.25, 0.3) is 0 Å². The van der Waals surface area contributed by atoms with Crippen molar-refractivity contribution in [2.75, 3.05) is 12.3 Å². The van der Waals surface area contributed by atoms with Gasteiger partial charge in [-0.1, -0.05) is 0 Å². The molecule has 0 radical (unpaired) electrons. The Bertz CT molecular complexity index is 498. The first-order valence-electron chi connectivity index (χ1n) is 5.12. The molecular formula is C11H11F2N3O2. The van der Waals surface area contributed by atoms with Crippen molar-refractivity contribution in [3.63, 3.8) is 0 Å². The molecule has 0 atom stereocenters. The second-order valence-corrected chi connectivity index (χ2v) is 3.35. The molecule has 0 spiro atoms. The summed E-state index contributed by atoms with van der Waals surface area (Å²) in [7, 11) is 0. The zero-order chi connectivity index (χ0) is 13.7. The van der Waals surface area contributed by atoms with Crippen molar-refractivity contribution >= 4 is 11.7 Å². The molecular weight excluding hydrogens is 244 g/mol. The van der Waals surface area contributed by atoms with Crippen LogP contribution in [0.15, 0.2) is 6.07 Å². The van der Waals surface area contributed by atoms with E-state index in [1.165, 1.54) is 0 Å². The normalized spacial score (nSPS) is 10.2. The van der Waals surface area contributed by atoms with Crippen LogP contribution in [0.4, 0.5) is 14.5 Å². The van der Waals surface area contributed by atoms with Gasteiger partial charge in [0.2, 0.25) is 0 Å². The first-order valence-corrected chi connectivity index (χ1v) is 5.12. The molecule has 0 fully saturated rings. The van der Waals surface area contributed by atoms with Gasteiger partial charge in [0.1, 0.15) is 11.8 Å². The summed E-state index contributed by atoms with van der Waals surface area (Å²) in [6.45, 7) is 1.78. The Morgan fingerprint density at radius 3 is 2.83 bits per heavy atom. The van der Waals surface area contributed by atoms with Crippen LogP contribution in [-0.4, -0.2) is 17.6 Å². The van der Waals surface area contributed by atoms with Crippen LogP contribution >= 0.6 is 0 Å². The molecule has 0 aliphatic rings. The second kappa shape index (κ2) is 5.91. The molecule has 0 aliphatic heterocycles. The van der Waals surface area contributed by atoms with Gasteiger partial charge in [-0.05, 0) is 13.0 Å². The molecule has 1 heterocycles. The van der Waals surface area contributed by atoms with E-state index < -0.39 is 18.1 Å². The lowest BCUT2D eigenvalue weighted by Gasteiger charge is -2.08. The van der Waals surface area contributed by atoms with Crippen LogP contribution in [0.2, 0.25) is 0 Å². The van der Waals surface area contributed by atoms with Crippen molar-refractivity contribution in [2.45, 2.75) is 19.8 Å². The monoisotopic (exact) mass is 255 g/mol. The van der Waals surface area contributed by atoms with Gasteiger partial charge in [-0.15, -0.1) is 0 Å². The van der Waals surface area contributed by atoms with Gasteiger partial charge in [-0.25, -0.2) is 13.8 Å². The molecule has 2 N–H and O–H groups in total. The number of pyridine rings is 1. The summed E-state index contributed by atoms with van der Waals surface area (Å²) in [5.41, 5.74) is 4.38. The fourth-order valence-electron chi connectivity index (χ4n) is 1.34. The number of ether oxygens (including phenoxy) is 1. The fourth-order valence-corrected chi connectivity index (χ4v) is 1.34. The molecule has 0 aliphatic carbocycles. The standard InChI is InChI=1S/C11H11F2N3O2/c1-2-18-9(17)4-8-6(5-14)3-7(15)10(16-8)11(12)13/h3,11H,2,4,15H2,1H3. The lowest BCUT2D eigenvalue weighted by Crippen LogP contribution is -2.12. The van der Waals surface area contributed by atoms with E-state index in [2.05, 4.69) is 9.72 Å². The van der Waals surface area contributed by atoms with E-state index in [1.54, 1.807) is 13.0 Å². The van der Waals surface area contributed by atoms with Gasteiger partial charge in [0, 0.05) is 0 Å². The van der Waals surface area contributed by atoms with Crippen LogP contribution in [0.5, 0.6) is 0 Å². The van der Waals surface area contributed by atoms with Gasteiger partial charge in [-0.2, -0.15) is 5.26 Å². The summed E-state index contributed by atoms with van der Waals surface area (Å²) in [4.78, 5) is 14.8. The topological polar surface area (TPSA) is 89.0 Å². The third-order valence-electron chi connectivity index (χ3n) is 2.11. The minimum absolute atomic E-state index is 0.00930. The number of aromatic nitrogens is 1. The largest absolute Gasteiger partial charge is 0.466 e. The Morgan fingerprint density at radius 2 is 2.33 bits per heavy atom. The number of nitrogen functional groups attached to an aromatic ring is 1. The first kappa shape index (κ1) is 13.8. The van der Waals surface area contributed by atoms with Crippen molar-refractivity contribution in [3.05, 3.63) is 23.0 Å². The molecule has 0 amide bonds. The number of nitriles is 1. The number of esters is 1. The van der Waals surface area contributed by atoms with E-state index in [1.807, 2.05) is 0 Å². The van der Waals surface area contributed by atoms with Gasteiger partial charge in [0.25, 0.3) is 6.43 Å². The third kappa shape index (κ3) is 3.13. The Hall–Kier alpha value is -2.23. The van der Waals surface area contributed by atoms with Crippen molar-refractivity contribution in [1.82, 2.24) is 4.98 Å². The van der Waals surface area contributed by atoms with Crippen molar-refractivity contribution < 1.29 is 18.3 Å². The van der Waals surface area contributed by atoms with E-state index >= 15 is 0 Å². The summed E-state index contributed by atoms with van der Waals surface area (Å²) < 4.78 is 29.8. The van der Waals surface area contributed by atoms with Gasteiger partial charge in [0.15, 0.2) is 0 Å². The summed E-state index contributed by atoms with van der Waals surface area (Å²) in [6, 6.07) is 2.84. The van der Waals surface area contributed by atoms with Crippen molar-refractivity contribution in [1.29, 1.82) is 5.26 Å². The number of carbonyl (C=O) groups excluding carboxylic acids is 1. The Balaban J connectivity index is 3.13. The molecule has 0 unspecified atom stereocenters. The third-order valence-corrected chi connectivity index (χ3v) is 2.11. The highest BCUT2D eigenvalue weighted by atomic mass is 19.3. The summed E-state index contributed by atoms with van der Waals surface area (Å²) in [6.07, 6.45) is -3.20. The average Bonchev–Trinajstić information content (AvgIpc) is 2.30. The van der Waals surface area contributed by atoms with Gasteiger partial charge in [-0.3, -0.25) is 4.79 Å².